The minimum absolute atomic E-state index is 0.467. The largest absolute Gasteiger partial charge is 0.325 e. The molecule has 0 fully saturated rings. The number of halogens is 1. The third-order valence-corrected chi connectivity index (χ3v) is 3.68. The van der Waals surface area contributed by atoms with E-state index in [0.29, 0.717) is 6.54 Å². The quantitative estimate of drug-likeness (QED) is 0.883. The van der Waals surface area contributed by atoms with Crippen LogP contribution in [-0.2, 0) is 6.54 Å². The van der Waals surface area contributed by atoms with Crippen LogP contribution in [0.2, 0.25) is 0 Å². The van der Waals surface area contributed by atoms with Gasteiger partial charge in [-0.15, -0.1) is 11.3 Å². The van der Waals surface area contributed by atoms with Gasteiger partial charge in [0.25, 0.3) is 0 Å². The van der Waals surface area contributed by atoms with E-state index in [1.807, 2.05) is 13.0 Å². The van der Waals surface area contributed by atoms with Crippen LogP contribution in [-0.4, -0.2) is 10.2 Å². The lowest BCUT2D eigenvalue weighted by atomic mass is 10.1. The van der Waals surface area contributed by atoms with Crippen LogP contribution in [0.15, 0.2) is 15.9 Å². The molecular formula is C9H10BrN3S. The second kappa shape index (κ2) is 3.84. The molecule has 2 rings (SSSR count). The topological polar surface area (TPSA) is 54.7 Å². The molecule has 0 radical (unpaired) electrons. The molecule has 2 heterocycles. The molecule has 0 aliphatic heterocycles. The zero-order chi connectivity index (χ0) is 10.1. The minimum atomic E-state index is 0.467. The van der Waals surface area contributed by atoms with Crippen molar-refractivity contribution in [3.05, 3.63) is 27.3 Å². The van der Waals surface area contributed by atoms with E-state index in [9.17, 15) is 0 Å². The van der Waals surface area contributed by atoms with E-state index in [-0.39, 0.29) is 0 Å². The van der Waals surface area contributed by atoms with Crippen LogP contribution in [0.25, 0.3) is 10.4 Å². The van der Waals surface area contributed by atoms with Crippen molar-refractivity contribution in [1.82, 2.24) is 10.2 Å². The van der Waals surface area contributed by atoms with Gasteiger partial charge in [0.15, 0.2) is 0 Å². The number of aryl methyl sites for hydroxylation is 1. The smallest absolute Gasteiger partial charge is 0.0847 e. The molecule has 0 saturated carbocycles. The Morgan fingerprint density at radius 3 is 2.93 bits per heavy atom. The van der Waals surface area contributed by atoms with Crippen LogP contribution >= 0.6 is 27.3 Å². The molecule has 0 unspecified atom stereocenters. The number of aromatic amines is 1. The maximum Gasteiger partial charge on any atom is 0.0847 e. The Morgan fingerprint density at radius 2 is 2.36 bits per heavy atom. The van der Waals surface area contributed by atoms with Gasteiger partial charge in [-0.1, -0.05) is 0 Å². The molecule has 2 aromatic heterocycles. The number of hydrogen-bond acceptors (Lipinski definition) is 3. The number of nitrogens with two attached hydrogens (primary N) is 1. The first-order chi connectivity index (χ1) is 6.72. The van der Waals surface area contributed by atoms with Crippen LogP contribution in [0.1, 0.15) is 11.4 Å². The third kappa shape index (κ3) is 1.63. The Labute approximate surface area is 94.5 Å². The number of hydrogen-bond donors (Lipinski definition) is 2. The second-order valence-electron chi connectivity index (χ2n) is 2.98. The van der Waals surface area contributed by atoms with Gasteiger partial charge in [-0.3, -0.25) is 5.10 Å². The first-order valence-electron chi connectivity index (χ1n) is 4.22. The van der Waals surface area contributed by atoms with Crippen molar-refractivity contribution >= 4 is 27.3 Å². The normalized spacial score (nSPS) is 10.8. The van der Waals surface area contributed by atoms with Crippen molar-refractivity contribution in [2.75, 3.05) is 0 Å². The highest BCUT2D eigenvalue weighted by atomic mass is 79.9. The molecule has 5 heteroatoms. The average molecular weight is 272 g/mol. The molecule has 0 saturated heterocycles. The standard InChI is InChI=1S/C9H10BrN3S/c1-5-9(6(4-11)13-12-5)7-2-3-8(10)14-7/h2-3H,4,11H2,1H3,(H,12,13). The highest BCUT2D eigenvalue weighted by Gasteiger charge is 2.12. The first-order valence-corrected chi connectivity index (χ1v) is 5.83. The summed E-state index contributed by atoms with van der Waals surface area (Å²) in [5.41, 5.74) is 8.76. The minimum Gasteiger partial charge on any atom is -0.325 e. The van der Waals surface area contributed by atoms with Gasteiger partial charge in [0.05, 0.1) is 9.48 Å². The molecule has 0 spiro atoms. The van der Waals surface area contributed by atoms with Gasteiger partial charge in [0, 0.05) is 22.7 Å². The number of thiophene rings is 1. The monoisotopic (exact) mass is 271 g/mol. The van der Waals surface area contributed by atoms with E-state index in [1.165, 1.54) is 4.88 Å². The summed E-state index contributed by atoms with van der Waals surface area (Å²) in [4.78, 5) is 1.20. The maximum atomic E-state index is 5.62. The highest BCUT2D eigenvalue weighted by Crippen LogP contribution is 2.34. The summed E-state index contributed by atoms with van der Waals surface area (Å²) in [5.74, 6) is 0. The van der Waals surface area contributed by atoms with Crippen LogP contribution in [0.5, 0.6) is 0 Å². The van der Waals surface area contributed by atoms with E-state index >= 15 is 0 Å². The van der Waals surface area contributed by atoms with Crippen molar-refractivity contribution in [1.29, 1.82) is 0 Å². The van der Waals surface area contributed by atoms with E-state index in [4.69, 9.17) is 5.73 Å². The summed E-state index contributed by atoms with van der Waals surface area (Å²) in [6.07, 6.45) is 0. The van der Waals surface area contributed by atoms with E-state index in [2.05, 4.69) is 32.2 Å². The predicted octanol–water partition coefficient (Wildman–Crippen LogP) is 2.67. The van der Waals surface area contributed by atoms with Crippen LogP contribution in [0.3, 0.4) is 0 Å². The Hall–Kier alpha value is -0.650. The molecule has 0 bridgehead atoms. The summed E-state index contributed by atoms with van der Waals surface area (Å²) in [6.45, 7) is 2.48. The second-order valence-corrected chi connectivity index (χ2v) is 5.44. The van der Waals surface area contributed by atoms with Gasteiger partial charge >= 0.3 is 0 Å². The first kappa shape index (κ1) is 9.89. The van der Waals surface area contributed by atoms with Crippen molar-refractivity contribution < 1.29 is 0 Å². The lowest BCUT2D eigenvalue weighted by molar-refractivity contribution is 0.940. The average Bonchev–Trinajstić information content (AvgIpc) is 2.71. The molecule has 14 heavy (non-hydrogen) atoms. The summed E-state index contributed by atoms with van der Waals surface area (Å²) in [5, 5.41) is 7.12. The Kier molecular flexibility index (Phi) is 2.71. The fourth-order valence-electron chi connectivity index (χ4n) is 1.40. The van der Waals surface area contributed by atoms with Gasteiger partial charge in [0.1, 0.15) is 0 Å². The molecule has 0 atom stereocenters. The van der Waals surface area contributed by atoms with Gasteiger partial charge in [0.2, 0.25) is 0 Å². The summed E-state index contributed by atoms with van der Waals surface area (Å²) in [7, 11) is 0. The molecule has 3 nitrogen and oxygen atoms in total. The van der Waals surface area contributed by atoms with E-state index in [1.54, 1.807) is 11.3 Å². The van der Waals surface area contributed by atoms with Crippen LogP contribution < -0.4 is 5.73 Å². The SMILES string of the molecule is Cc1[nH]nc(CN)c1-c1ccc(Br)s1. The molecule has 74 valence electrons. The zero-order valence-corrected chi connectivity index (χ0v) is 10.1. The fraction of sp³-hybridized carbons (Fsp3) is 0.222. The number of rotatable bonds is 2. The van der Waals surface area contributed by atoms with E-state index < -0.39 is 0 Å². The Morgan fingerprint density at radius 1 is 1.57 bits per heavy atom. The number of nitrogens with zero attached hydrogens (tertiary/aromatic N) is 1. The Bertz CT molecular complexity index is 447. The summed E-state index contributed by atoms with van der Waals surface area (Å²) in [6, 6.07) is 4.11. The van der Waals surface area contributed by atoms with Crippen molar-refractivity contribution in [3.63, 3.8) is 0 Å². The molecule has 0 amide bonds. The number of nitrogens with one attached hydrogen (secondary N) is 1. The molecule has 0 aliphatic rings. The number of aromatic nitrogens is 2. The lowest BCUT2D eigenvalue weighted by Crippen LogP contribution is -1.98. The summed E-state index contributed by atoms with van der Waals surface area (Å²) < 4.78 is 1.12. The van der Waals surface area contributed by atoms with Crippen molar-refractivity contribution in [3.8, 4) is 10.4 Å². The van der Waals surface area contributed by atoms with Gasteiger partial charge in [-0.2, -0.15) is 5.10 Å². The number of H-pyrrole nitrogens is 1. The molecule has 0 aromatic carbocycles. The molecule has 3 N–H and O–H groups in total. The molecular weight excluding hydrogens is 262 g/mol. The Balaban J connectivity index is 2.54. The summed E-state index contributed by atoms with van der Waals surface area (Å²) >= 11 is 5.14. The maximum absolute atomic E-state index is 5.62. The fourth-order valence-corrected chi connectivity index (χ4v) is 2.91. The lowest BCUT2D eigenvalue weighted by Gasteiger charge is -1.97. The molecule has 0 aliphatic carbocycles. The van der Waals surface area contributed by atoms with Crippen molar-refractivity contribution in [2.45, 2.75) is 13.5 Å². The van der Waals surface area contributed by atoms with E-state index in [0.717, 1.165) is 20.7 Å². The predicted molar refractivity (Wildman–Crippen MR) is 62.2 cm³/mol. The van der Waals surface area contributed by atoms with Gasteiger partial charge in [-0.25, -0.2) is 0 Å². The third-order valence-electron chi connectivity index (χ3n) is 2.04. The van der Waals surface area contributed by atoms with Crippen LogP contribution in [0.4, 0.5) is 0 Å². The molecule has 2 aromatic rings. The van der Waals surface area contributed by atoms with Crippen LogP contribution in [0, 0.1) is 6.92 Å². The van der Waals surface area contributed by atoms with Gasteiger partial charge in [-0.05, 0) is 35.0 Å². The van der Waals surface area contributed by atoms with Crippen molar-refractivity contribution in [2.24, 2.45) is 5.73 Å². The van der Waals surface area contributed by atoms with Gasteiger partial charge < -0.3 is 5.73 Å². The zero-order valence-electron chi connectivity index (χ0n) is 7.67. The highest BCUT2D eigenvalue weighted by molar-refractivity contribution is 9.11.